The molecule has 0 radical (unpaired) electrons. The van der Waals surface area contributed by atoms with E-state index < -0.39 is 10.0 Å². The van der Waals surface area contributed by atoms with Crippen LogP contribution in [0.25, 0.3) is 11.0 Å². The van der Waals surface area contributed by atoms with Crippen LogP contribution in [0.1, 0.15) is 24.2 Å². The molecule has 10 heteroatoms. The van der Waals surface area contributed by atoms with Crippen molar-refractivity contribution in [3.8, 4) is 0 Å². The molecule has 4 rings (SSSR count). The van der Waals surface area contributed by atoms with Crippen molar-refractivity contribution >= 4 is 21.1 Å². The van der Waals surface area contributed by atoms with Crippen molar-refractivity contribution in [2.45, 2.75) is 38.4 Å². The van der Waals surface area contributed by atoms with Gasteiger partial charge >= 0.3 is 0 Å². The molecule has 3 aromatic rings. The smallest absolute Gasteiger partial charge is 0.242 e. The second kappa shape index (κ2) is 8.70. The van der Waals surface area contributed by atoms with Gasteiger partial charge in [-0.05, 0) is 32.0 Å². The fraction of sp³-hybridized carbons (Fsp3) is 0.524. The van der Waals surface area contributed by atoms with E-state index in [1.165, 1.54) is 4.31 Å². The van der Waals surface area contributed by atoms with Crippen LogP contribution in [-0.4, -0.2) is 77.5 Å². The minimum absolute atomic E-state index is 0.272. The first-order valence-corrected chi connectivity index (χ1v) is 12.0. The van der Waals surface area contributed by atoms with Gasteiger partial charge in [0.15, 0.2) is 5.76 Å². The van der Waals surface area contributed by atoms with E-state index in [9.17, 15) is 8.42 Å². The number of imidazole rings is 1. The minimum atomic E-state index is -3.48. The van der Waals surface area contributed by atoms with Gasteiger partial charge in [0.25, 0.3) is 0 Å². The molecule has 9 nitrogen and oxygen atoms in total. The van der Waals surface area contributed by atoms with Crippen LogP contribution in [0.5, 0.6) is 0 Å². The Labute approximate surface area is 183 Å². The van der Waals surface area contributed by atoms with Gasteiger partial charge in [0.05, 0.1) is 34.7 Å². The summed E-state index contributed by atoms with van der Waals surface area (Å²) in [5.74, 6) is 1.87. The second-order valence-electron chi connectivity index (χ2n) is 8.20. The van der Waals surface area contributed by atoms with Crippen molar-refractivity contribution in [2.75, 3.05) is 40.3 Å². The molecule has 1 aromatic carbocycles. The van der Waals surface area contributed by atoms with Crippen molar-refractivity contribution in [1.29, 1.82) is 0 Å². The van der Waals surface area contributed by atoms with Crippen LogP contribution in [0.4, 0.5) is 0 Å². The van der Waals surface area contributed by atoms with Gasteiger partial charge < -0.3 is 9.09 Å². The fourth-order valence-corrected chi connectivity index (χ4v) is 4.94. The lowest BCUT2D eigenvalue weighted by atomic mass is 10.3. The normalized spacial score (nSPS) is 16.5. The number of piperazine rings is 1. The Kier molecular flexibility index (Phi) is 6.16. The first kappa shape index (κ1) is 21.9. The first-order chi connectivity index (χ1) is 14.8. The summed E-state index contributed by atoms with van der Waals surface area (Å²) in [5, 5.41) is 3.96. The highest BCUT2D eigenvalue weighted by Gasteiger charge is 2.22. The summed E-state index contributed by atoms with van der Waals surface area (Å²) in [6.07, 6.45) is 0. The Morgan fingerprint density at radius 2 is 1.74 bits per heavy atom. The van der Waals surface area contributed by atoms with Crippen molar-refractivity contribution in [3.05, 3.63) is 41.5 Å². The van der Waals surface area contributed by atoms with E-state index in [-0.39, 0.29) is 4.90 Å². The summed E-state index contributed by atoms with van der Waals surface area (Å²) >= 11 is 0. The van der Waals surface area contributed by atoms with Gasteiger partial charge in [0, 0.05) is 52.9 Å². The lowest BCUT2D eigenvalue weighted by Crippen LogP contribution is -2.45. The van der Waals surface area contributed by atoms with E-state index in [0.717, 1.165) is 74.1 Å². The van der Waals surface area contributed by atoms with E-state index in [1.807, 2.05) is 19.1 Å². The van der Waals surface area contributed by atoms with Gasteiger partial charge in [-0.3, -0.25) is 9.80 Å². The number of hydrogen-bond acceptors (Lipinski definition) is 7. The summed E-state index contributed by atoms with van der Waals surface area (Å²) in [6, 6.07) is 7.20. The maximum Gasteiger partial charge on any atom is 0.242 e. The number of benzene rings is 1. The Morgan fingerprint density at radius 1 is 1.06 bits per heavy atom. The Balaban J connectivity index is 1.47. The Bertz CT molecular complexity index is 1160. The molecule has 1 fully saturated rings. The third kappa shape index (κ3) is 4.52. The number of aryl methyl sites for hydroxylation is 2. The van der Waals surface area contributed by atoms with Crippen molar-refractivity contribution in [2.24, 2.45) is 0 Å². The fourth-order valence-electron chi connectivity index (χ4n) is 4.02. The number of nitrogens with zero attached hydrogens (tertiary/aromatic N) is 6. The lowest BCUT2D eigenvalue weighted by molar-refractivity contribution is 0.111. The monoisotopic (exact) mass is 446 g/mol. The molecule has 0 spiro atoms. The summed E-state index contributed by atoms with van der Waals surface area (Å²) in [7, 11) is -0.399. The predicted molar refractivity (Wildman–Crippen MR) is 118 cm³/mol. The molecule has 0 saturated carbocycles. The highest BCUT2D eigenvalue weighted by atomic mass is 32.2. The standard InChI is InChI=1S/C21H30N6O3S/c1-5-27-20-7-6-18(31(28,29)24(3)4)13-19(20)22-21(27)15-26-10-8-25(9-11-26)14-17-12-16(2)23-30-17/h6-7,12-13H,5,8-11,14-15H2,1-4H3. The maximum atomic E-state index is 12.5. The van der Waals surface area contributed by atoms with E-state index in [0.29, 0.717) is 0 Å². The van der Waals surface area contributed by atoms with Crippen LogP contribution in [0.15, 0.2) is 33.7 Å². The summed E-state index contributed by atoms with van der Waals surface area (Å²) < 4.78 is 33.7. The van der Waals surface area contributed by atoms with Crippen molar-refractivity contribution in [1.82, 2.24) is 28.8 Å². The van der Waals surface area contributed by atoms with Gasteiger partial charge in [-0.15, -0.1) is 0 Å². The number of sulfonamides is 1. The SMILES string of the molecule is CCn1c(CN2CCN(Cc3cc(C)no3)CC2)nc2cc(S(=O)(=O)N(C)C)ccc21. The van der Waals surface area contributed by atoms with E-state index >= 15 is 0 Å². The molecule has 0 atom stereocenters. The molecule has 1 aliphatic heterocycles. The van der Waals surface area contributed by atoms with Crippen LogP contribution >= 0.6 is 0 Å². The zero-order valence-electron chi connectivity index (χ0n) is 18.6. The molecule has 0 unspecified atom stereocenters. The number of fused-ring (bicyclic) bond motifs is 1. The van der Waals surface area contributed by atoms with Crippen LogP contribution in [0.2, 0.25) is 0 Å². The molecule has 0 amide bonds. The number of aromatic nitrogens is 3. The van der Waals surface area contributed by atoms with Gasteiger partial charge in [-0.25, -0.2) is 17.7 Å². The molecule has 1 saturated heterocycles. The van der Waals surface area contributed by atoms with Gasteiger partial charge in [0.2, 0.25) is 10.0 Å². The van der Waals surface area contributed by atoms with Crippen molar-refractivity contribution < 1.29 is 12.9 Å². The second-order valence-corrected chi connectivity index (χ2v) is 10.3. The highest BCUT2D eigenvalue weighted by Crippen LogP contribution is 2.23. The molecule has 0 aliphatic carbocycles. The first-order valence-electron chi connectivity index (χ1n) is 10.6. The van der Waals surface area contributed by atoms with Gasteiger partial charge in [0.1, 0.15) is 5.82 Å². The van der Waals surface area contributed by atoms with E-state index in [4.69, 9.17) is 9.51 Å². The molecule has 2 aromatic heterocycles. The average Bonchev–Trinajstić information content (AvgIpc) is 3.30. The third-order valence-electron chi connectivity index (χ3n) is 5.78. The number of hydrogen-bond donors (Lipinski definition) is 0. The third-order valence-corrected chi connectivity index (χ3v) is 7.59. The zero-order chi connectivity index (χ0) is 22.2. The molecular weight excluding hydrogens is 416 g/mol. The van der Waals surface area contributed by atoms with Crippen molar-refractivity contribution in [3.63, 3.8) is 0 Å². The Morgan fingerprint density at radius 3 is 2.32 bits per heavy atom. The lowest BCUT2D eigenvalue weighted by Gasteiger charge is -2.33. The van der Waals surface area contributed by atoms with E-state index in [2.05, 4.69) is 26.4 Å². The molecular formula is C21H30N6O3S. The van der Waals surface area contributed by atoms with Gasteiger partial charge in [-0.2, -0.15) is 0 Å². The molecule has 0 N–H and O–H groups in total. The molecule has 1 aliphatic rings. The topological polar surface area (TPSA) is 87.7 Å². The predicted octanol–water partition coefficient (Wildman–Crippen LogP) is 1.92. The zero-order valence-corrected chi connectivity index (χ0v) is 19.4. The van der Waals surface area contributed by atoms with Crippen LogP contribution in [0, 0.1) is 6.92 Å². The largest absolute Gasteiger partial charge is 0.360 e. The molecule has 3 heterocycles. The average molecular weight is 447 g/mol. The summed E-state index contributed by atoms with van der Waals surface area (Å²) in [6.45, 7) is 10.1. The van der Waals surface area contributed by atoms with Gasteiger partial charge in [-0.1, -0.05) is 5.16 Å². The molecule has 31 heavy (non-hydrogen) atoms. The quantitative estimate of drug-likeness (QED) is 0.548. The highest BCUT2D eigenvalue weighted by molar-refractivity contribution is 7.89. The number of rotatable bonds is 7. The molecule has 168 valence electrons. The van der Waals surface area contributed by atoms with Crippen LogP contribution < -0.4 is 0 Å². The molecule has 0 bridgehead atoms. The Hall–Kier alpha value is -2.27. The summed E-state index contributed by atoms with van der Waals surface area (Å²) in [5.41, 5.74) is 2.60. The van der Waals surface area contributed by atoms with Crippen LogP contribution in [-0.2, 0) is 29.7 Å². The maximum absolute atomic E-state index is 12.5. The minimum Gasteiger partial charge on any atom is -0.360 e. The van der Waals surface area contributed by atoms with Crippen LogP contribution in [0.3, 0.4) is 0 Å². The van der Waals surface area contributed by atoms with E-state index in [1.54, 1.807) is 26.2 Å². The summed E-state index contributed by atoms with van der Waals surface area (Å²) in [4.78, 5) is 9.84.